The molecule has 0 saturated carbocycles. The Bertz CT molecular complexity index is 208. The van der Waals surface area contributed by atoms with Crippen molar-refractivity contribution in [3.8, 4) is 6.07 Å². The Morgan fingerprint density at radius 1 is 1.42 bits per heavy atom. The van der Waals surface area contributed by atoms with Crippen LogP contribution in [0.3, 0.4) is 0 Å². The molecule has 2 nitrogen and oxygen atoms in total. The molecule has 1 aliphatic heterocycles. The molecule has 0 aromatic carbocycles. The van der Waals surface area contributed by atoms with Gasteiger partial charge in [0.25, 0.3) is 0 Å². The third-order valence-corrected chi connectivity index (χ3v) is 3.35. The van der Waals surface area contributed by atoms with E-state index >= 15 is 0 Å². The van der Waals surface area contributed by atoms with Gasteiger partial charge in [-0.05, 0) is 19.8 Å². The van der Waals surface area contributed by atoms with E-state index in [0.29, 0.717) is 5.92 Å². The Balaban J connectivity index is 2.89. The van der Waals surface area contributed by atoms with Crippen molar-refractivity contribution >= 4 is 0 Å². The van der Waals surface area contributed by atoms with Gasteiger partial charge in [0, 0.05) is 5.41 Å². The zero-order valence-electron chi connectivity index (χ0n) is 8.35. The van der Waals surface area contributed by atoms with E-state index in [9.17, 15) is 0 Å². The van der Waals surface area contributed by atoms with Crippen LogP contribution in [0, 0.1) is 28.1 Å². The fraction of sp³-hybridized carbons (Fsp3) is 0.900. The zero-order chi connectivity index (χ0) is 9.41. The Labute approximate surface area is 74.5 Å². The number of nitrogens with zero attached hydrogens (tertiary/aromatic N) is 1. The second kappa shape index (κ2) is 2.74. The fourth-order valence-corrected chi connectivity index (χ4v) is 1.85. The molecular formula is C10H17NO. The summed E-state index contributed by atoms with van der Waals surface area (Å²) in [5.74, 6) is 0.515. The molecule has 68 valence electrons. The molecule has 1 heterocycles. The monoisotopic (exact) mass is 167 g/mol. The highest BCUT2D eigenvalue weighted by molar-refractivity contribution is 5.09. The molecule has 1 saturated heterocycles. The van der Waals surface area contributed by atoms with Crippen LogP contribution in [0.15, 0.2) is 0 Å². The molecule has 0 N–H and O–H groups in total. The maximum absolute atomic E-state index is 9.04. The summed E-state index contributed by atoms with van der Waals surface area (Å²) < 4.78 is 5.24. The molecule has 1 rings (SSSR count). The van der Waals surface area contributed by atoms with Crippen molar-refractivity contribution in [1.82, 2.24) is 0 Å². The smallest absolute Gasteiger partial charge is 0.0691 e. The first-order chi connectivity index (χ1) is 5.46. The van der Waals surface area contributed by atoms with Gasteiger partial charge in [-0.25, -0.2) is 0 Å². The largest absolute Gasteiger partial charge is 0.380 e. The van der Waals surface area contributed by atoms with Crippen molar-refractivity contribution in [3.05, 3.63) is 0 Å². The summed E-state index contributed by atoms with van der Waals surface area (Å²) in [6.45, 7) is 9.84. The summed E-state index contributed by atoms with van der Waals surface area (Å²) in [6, 6.07) is 2.39. The molecule has 0 atom stereocenters. The average molecular weight is 167 g/mol. The van der Waals surface area contributed by atoms with Gasteiger partial charge in [0.15, 0.2) is 0 Å². The Kier molecular flexibility index (Phi) is 2.18. The van der Waals surface area contributed by atoms with E-state index in [2.05, 4.69) is 19.9 Å². The lowest BCUT2D eigenvalue weighted by Crippen LogP contribution is -2.55. The Morgan fingerprint density at radius 3 is 2.00 bits per heavy atom. The minimum absolute atomic E-state index is 0.0851. The van der Waals surface area contributed by atoms with Crippen molar-refractivity contribution in [2.75, 3.05) is 13.2 Å². The molecule has 0 aromatic heterocycles. The first kappa shape index (κ1) is 9.54. The molecule has 1 fully saturated rings. The standard InChI is InChI=1S/C10H17NO/c1-8(2)10(6-12-7-10)9(3,4)5-11/h8H,6-7H2,1-4H3. The predicted octanol–water partition coefficient (Wildman–Crippen LogP) is 2.21. The number of hydrogen-bond donors (Lipinski definition) is 0. The molecule has 0 amide bonds. The van der Waals surface area contributed by atoms with Crippen LogP contribution in [0.2, 0.25) is 0 Å². The van der Waals surface area contributed by atoms with Gasteiger partial charge in [-0.15, -0.1) is 0 Å². The fourth-order valence-electron chi connectivity index (χ4n) is 1.85. The van der Waals surface area contributed by atoms with Gasteiger partial charge < -0.3 is 4.74 Å². The van der Waals surface area contributed by atoms with Crippen LogP contribution < -0.4 is 0 Å². The summed E-state index contributed by atoms with van der Waals surface area (Å²) in [6.07, 6.45) is 0. The molecule has 0 radical (unpaired) electrons. The van der Waals surface area contributed by atoms with E-state index < -0.39 is 0 Å². The first-order valence-electron chi connectivity index (χ1n) is 4.45. The number of ether oxygens (including phenoxy) is 1. The Morgan fingerprint density at radius 2 is 1.92 bits per heavy atom. The van der Waals surface area contributed by atoms with Crippen LogP contribution in [0.25, 0.3) is 0 Å². The SMILES string of the molecule is CC(C)C1(C(C)(C)C#N)COC1. The normalized spacial score (nSPS) is 21.7. The van der Waals surface area contributed by atoms with E-state index in [4.69, 9.17) is 10.00 Å². The molecule has 0 unspecified atom stereocenters. The van der Waals surface area contributed by atoms with Gasteiger partial charge in [-0.3, -0.25) is 0 Å². The minimum atomic E-state index is -0.264. The van der Waals surface area contributed by atoms with Gasteiger partial charge in [-0.1, -0.05) is 13.8 Å². The molecule has 0 aliphatic carbocycles. The van der Waals surface area contributed by atoms with E-state index in [1.807, 2.05) is 13.8 Å². The van der Waals surface area contributed by atoms with E-state index in [1.54, 1.807) is 0 Å². The number of rotatable bonds is 2. The van der Waals surface area contributed by atoms with Crippen molar-refractivity contribution in [1.29, 1.82) is 5.26 Å². The van der Waals surface area contributed by atoms with E-state index in [1.165, 1.54) is 0 Å². The van der Waals surface area contributed by atoms with Crippen molar-refractivity contribution in [2.45, 2.75) is 27.7 Å². The van der Waals surface area contributed by atoms with Gasteiger partial charge in [0.05, 0.1) is 24.7 Å². The second-order valence-corrected chi connectivity index (χ2v) is 4.54. The topological polar surface area (TPSA) is 33.0 Å². The quantitative estimate of drug-likeness (QED) is 0.631. The average Bonchev–Trinajstić information content (AvgIpc) is 1.83. The molecule has 1 aliphatic rings. The van der Waals surface area contributed by atoms with Crippen LogP contribution in [0.5, 0.6) is 0 Å². The van der Waals surface area contributed by atoms with Crippen molar-refractivity contribution in [3.63, 3.8) is 0 Å². The third kappa shape index (κ3) is 1.04. The summed E-state index contributed by atoms with van der Waals surface area (Å²) in [5.41, 5.74) is -0.179. The van der Waals surface area contributed by atoms with Crippen LogP contribution >= 0.6 is 0 Å². The maximum Gasteiger partial charge on any atom is 0.0691 e. The molecule has 12 heavy (non-hydrogen) atoms. The molecular weight excluding hydrogens is 150 g/mol. The molecule has 2 heteroatoms. The summed E-state index contributed by atoms with van der Waals surface area (Å²) in [7, 11) is 0. The van der Waals surface area contributed by atoms with E-state index in [0.717, 1.165) is 13.2 Å². The van der Waals surface area contributed by atoms with Crippen LogP contribution in [0.1, 0.15) is 27.7 Å². The van der Waals surface area contributed by atoms with E-state index in [-0.39, 0.29) is 10.8 Å². The van der Waals surface area contributed by atoms with Crippen LogP contribution in [-0.4, -0.2) is 13.2 Å². The lowest BCUT2D eigenvalue weighted by molar-refractivity contribution is -0.184. The van der Waals surface area contributed by atoms with Gasteiger partial charge in [0.1, 0.15) is 0 Å². The highest BCUT2D eigenvalue weighted by atomic mass is 16.5. The van der Waals surface area contributed by atoms with Gasteiger partial charge in [0.2, 0.25) is 0 Å². The summed E-state index contributed by atoms with van der Waals surface area (Å²) >= 11 is 0. The maximum atomic E-state index is 9.04. The summed E-state index contributed by atoms with van der Waals surface area (Å²) in [4.78, 5) is 0. The van der Waals surface area contributed by atoms with Crippen molar-refractivity contribution < 1.29 is 4.74 Å². The van der Waals surface area contributed by atoms with Crippen LogP contribution in [-0.2, 0) is 4.74 Å². The highest BCUT2D eigenvalue weighted by Gasteiger charge is 2.53. The number of nitriles is 1. The number of hydrogen-bond acceptors (Lipinski definition) is 2. The highest BCUT2D eigenvalue weighted by Crippen LogP contribution is 2.49. The van der Waals surface area contributed by atoms with Crippen molar-refractivity contribution in [2.24, 2.45) is 16.7 Å². The lowest BCUT2D eigenvalue weighted by Gasteiger charge is -2.52. The first-order valence-corrected chi connectivity index (χ1v) is 4.45. The third-order valence-electron chi connectivity index (χ3n) is 3.35. The lowest BCUT2D eigenvalue weighted by atomic mass is 9.59. The predicted molar refractivity (Wildman–Crippen MR) is 47.5 cm³/mol. The Hall–Kier alpha value is -0.550. The minimum Gasteiger partial charge on any atom is -0.380 e. The molecule has 0 spiro atoms. The van der Waals surface area contributed by atoms with Gasteiger partial charge >= 0.3 is 0 Å². The van der Waals surface area contributed by atoms with Crippen LogP contribution in [0.4, 0.5) is 0 Å². The molecule has 0 aromatic rings. The van der Waals surface area contributed by atoms with Gasteiger partial charge in [-0.2, -0.15) is 5.26 Å². The second-order valence-electron chi connectivity index (χ2n) is 4.54. The molecule has 0 bridgehead atoms. The zero-order valence-corrected chi connectivity index (χ0v) is 8.35. The summed E-state index contributed by atoms with van der Waals surface area (Å²) in [5, 5.41) is 9.04.